The largest absolute Gasteiger partial charge is 0.419 e. The summed E-state index contributed by atoms with van der Waals surface area (Å²) < 4.78 is 6.72. The molecular formula is C19H21ClN3O3S+. The molecule has 0 atom stereocenters. The minimum Gasteiger partial charge on any atom is -0.408 e. The average Bonchev–Trinajstić information content (AvgIpc) is 3.27. The Bertz CT molecular complexity index is 987. The van der Waals surface area contributed by atoms with Crippen molar-refractivity contribution in [1.29, 1.82) is 0 Å². The van der Waals surface area contributed by atoms with Crippen LogP contribution in [0.15, 0.2) is 44.9 Å². The highest BCUT2D eigenvalue weighted by molar-refractivity contribution is 7.09. The highest BCUT2D eigenvalue weighted by Crippen LogP contribution is 2.18. The Kier molecular flexibility index (Phi) is 5.33. The Morgan fingerprint density at radius 1 is 1.26 bits per heavy atom. The molecule has 1 fully saturated rings. The number of hydrogen-bond donors (Lipinski definition) is 1. The number of oxazole rings is 1. The van der Waals surface area contributed by atoms with Gasteiger partial charge in [-0.2, -0.15) is 0 Å². The number of aromatic nitrogens is 1. The van der Waals surface area contributed by atoms with E-state index in [4.69, 9.17) is 16.0 Å². The van der Waals surface area contributed by atoms with Gasteiger partial charge in [0.2, 0.25) is 5.91 Å². The number of rotatable bonds is 5. The van der Waals surface area contributed by atoms with Gasteiger partial charge in [0, 0.05) is 24.1 Å². The number of quaternary nitrogens is 1. The molecule has 1 aliphatic heterocycles. The molecule has 3 heterocycles. The maximum atomic E-state index is 12.6. The first kappa shape index (κ1) is 18.3. The second kappa shape index (κ2) is 7.88. The molecule has 1 amide bonds. The molecule has 0 unspecified atom stereocenters. The lowest BCUT2D eigenvalue weighted by atomic mass is 10.2. The van der Waals surface area contributed by atoms with Crippen molar-refractivity contribution < 1.29 is 14.1 Å². The van der Waals surface area contributed by atoms with E-state index in [0.717, 1.165) is 32.7 Å². The van der Waals surface area contributed by atoms with Gasteiger partial charge in [0.05, 0.1) is 36.6 Å². The number of nitrogens with one attached hydrogen (secondary N) is 1. The van der Waals surface area contributed by atoms with Crippen LogP contribution in [0.3, 0.4) is 0 Å². The molecule has 3 aromatic rings. The van der Waals surface area contributed by atoms with Gasteiger partial charge in [-0.1, -0.05) is 17.7 Å². The van der Waals surface area contributed by atoms with Crippen molar-refractivity contribution in [2.24, 2.45) is 0 Å². The number of amides is 1. The molecule has 8 heteroatoms. The lowest BCUT2D eigenvalue weighted by Crippen LogP contribution is -3.13. The summed E-state index contributed by atoms with van der Waals surface area (Å²) in [6, 6.07) is 9.32. The molecule has 0 spiro atoms. The first-order valence-electron chi connectivity index (χ1n) is 9.03. The van der Waals surface area contributed by atoms with E-state index in [1.807, 2.05) is 4.90 Å². The molecule has 0 saturated carbocycles. The van der Waals surface area contributed by atoms with Crippen molar-refractivity contribution in [3.05, 3.63) is 56.2 Å². The predicted molar refractivity (Wildman–Crippen MR) is 105 cm³/mol. The summed E-state index contributed by atoms with van der Waals surface area (Å²) in [4.78, 5) is 29.4. The Morgan fingerprint density at radius 2 is 2.07 bits per heavy atom. The fraction of sp³-hybridized carbons (Fsp3) is 0.368. The number of nitrogens with zero attached hydrogens (tertiary/aromatic N) is 2. The number of hydrogen-bond acceptors (Lipinski definition) is 4. The van der Waals surface area contributed by atoms with Crippen LogP contribution >= 0.6 is 22.9 Å². The lowest BCUT2D eigenvalue weighted by molar-refractivity contribution is -0.917. The monoisotopic (exact) mass is 406 g/mol. The highest BCUT2D eigenvalue weighted by Gasteiger charge is 2.24. The van der Waals surface area contributed by atoms with Gasteiger partial charge in [-0.25, -0.2) is 4.79 Å². The number of halogens is 1. The molecule has 6 nitrogen and oxygen atoms in total. The summed E-state index contributed by atoms with van der Waals surface area (Å²) in [5.41, 5.74) is 1.12. The van der Waals surface area contributed by atoms with Crippen molar-refractivity contribution in [3.8, 4) is 0 Å². The first-order chi connectivity index (χ1) is 13.1. The van der Waals surface area contributed by atoms with Crippen molar-refractivity contribution in [1.82, 2.24) is 9.47 Å². The van der Waals surface area contributed by atoms with Crippen LogP contribution in [0.25, 0.3) is 11.1 Å². The van der Waals surface area contributed by atoms with E-state index >= 15 is 0 Å². The van der Waals surface area contributed by atoms with Gasteiger partial charge in [-0.15, -0.1) is 11.3 Å². The van der Waals surface area contributed by atoms with Gasteiger partial charge >= 0.3 is 5.76 Å². The van der Waals surface area contributed by atoms with Crippen LogP contribution in [0.2, 0.25) is 5.02 Å². The summed E-state index contributed by atoms with van der Waals surface area (Å²) in [7, 11) is 0. The first-order valence-corrected chi connectivity index (χ1v) is 10.3. The van der Waals surface area contributed by atoms with Crippen molar-refractivity contribution in [2.45, 2.75) is 19.5 Å². The number of piperazine rings is 1. The SMILES string of the molecule is O=C(CCn1c(=O)oc2cc(Cl)ccc21)N1CC[NH+](Cc2cccs2)CC1. The van der Waals surface area contributed by atoms with Crippen LogP contribution in [-0.4, -0.2) is 41.6 Å². The Hall–Kier alpha value is -2.09. The number of fused-ring (bicyclic) bond motifs is 1. The zero-order chi connectivity index (χ0) is 18.8. The van der Waals surface area contributed by atoms with Crippen molar-refractivity contribution >= 4 is 39.9 Å². The molecule has 142 valence electrons. The molecule has 4 rings (SSSR count). The Morgan fingerprint density at radius 3 is 2.81 bits per heavy atom. The third kappa shape index (κ3) is 4.10. The zero-order valence-corrected chi connectivity index (χ0v) is 16.4. The minimum atomic E-state index is -0.453. The predicted octanol–water partition coefficient (Wildman–Crippen LogP) is 1.63. The normalized spacial score (nSPS) is 15.5. The summed E-state index contributed by atoms with van der Waals surface area (Å²) in [5, 5.41) is 2.62. The van der Waals surface area contributed by atoms with Crippen LogP contribution in [0.1, 0.15) is 11.3 Å². The van der Waals surface area contributed by atoms with Crippen LogP contribution in [0.5, 0.6) is 0 Å². The molecule has 1 aromatic carbocycles. The molecule has 0 radical (unpaired) electrons. The van der Waals surface area contributed by atoms with E-state index in [9.17, 15) is 9.59 Å². The van der Waals surface area contributed by atoms with Crippen LogP contribution < -0.4 is 10.7 Å². The number of carbonyl (C=O) groups is 1. The van der Waals surface area contributed by atoms with Crippen LogP contribution in [-0.2, 0) is 17.9 Å². The summed E-state index contributed by atoms with van der Waals surface area (Å²) in [6.07, 6.45) is 0.289. The molecule has 0 bridgehead atoms. The number of aryl methyl sites for hydroxylation is 1. The molecule has 1 aliphatic rings. The lowest BCUT2D eigenvalue weighted by Gasteiger charge is -2.32. The standard InChI is InChI=1S/C19H20ClN3O3S/c20-14-3-4-16-17(12-14)26-19(25)23(16)6-5-18(24)22-9-7-21(8-10-22)13-15-2-1-11-27-15/h1-4,11-12H,5-10,13H2/p+1. The number of carbonyl (C=O) groups excluding carboxylic acids is 1. The summed E-state index contributed by atoms with van der Waals surface area (Å²) >= 11 is 7.71. The average molecular weight is 407 g/mol. The molecular weight excluding hydrogens is 386 g/mol. The van der Waals surface area contributed by atoms with E-state index in [1.54, 1.807) is 29.5 Å². The van der Waals surface area contributed by atoms with E-state index < -0.39 is 5.76 Å². The van der Waals surface area contributed by atoms with Crippen LogP contribution in [0.4, 0.5) is 0 Å². The van der Waals surface area contributed by atoms with Gasteiger partial charge in [0.15, 0.2) is 5.58 Å². The third-order valence-corrected chi connectivity index (χ3v) is 6.12. The molecule has 1 saturated heterocycles. The smallest absolute Gasteiger partial charge is 0.408 e. The molecule has 27 heavy (non-hydrogen) atoms. The van der Waals surface area contributed by atoms with Crippen molar-refractivity contribution in [3.63, 3.8) is 0 Å². The van der Waals surface area contributed by atoms with E-state index in [2.05, 4.69) is 17.5 Å². The molecule has 0 aliphatic carbocycles. The Balaban J connectivity index is 1.33. The van der Waals surface area contributed by atoms with Gasteiger partial charge < -0.3 is 14.2 Å². The van der Waals surface area contributed by atoms with E-state index in [0.29, 0.717) is 22.7 Å². The highest BCUT2D eigenvalue weighted by atomic mass is 35.5. The maximum Gasteiger partial charge on any atom is 0.419 e. The topological polar surface area (TPSA) is 59.9 Å². The fourth-order valence-corrected chi connectivity index (χ4v) is 4.46. The quantitative estimate of drug-likeness (QED) is 0.700. The van der Waals surface area contributed by atoms with Gasteiger partial charge in [-0.05, 0) is 23.6 Å². The van der Waals surface area contributed by atoms with Gasteiger partial charge in [-0.3, -0.25) is 9.36 Å². The van der Waals surface area contributed by atoms with E-state index in [1.165, 1.54) is 14.3 Å². The molecule has 1 N–H and O–H groups in total. The Labute approximate surface area is 165 Å². The second-order valence-corrected chi connectivity index (χ2v) is 8.24. The van der Waals surface area contributed by atoms with Gasteiger partial charge in [0.25, 0.3) is 0 Å². The van der Waals surface area contributed by atoms with Gasteiger partial charge in [0.1, 0.15) is 6.54 Å². The summed E-state index contributed by atoms with van der Waals surface area (Å²) in [6.45, 7) is 4.77. The maximum absolute atomic E-state index is 12.6. The molecule has 2 aromatic heterocycles. The fourth-order valence-electron chi connectivity index (χ4n) is 3.53. The van der Waals surface area contributed by atoms with Crippen molar-refractivity contribution in [2.75, 3.05) is 26.2 Å². The second-order valence-electron chi connectivity index (χ2n) is 6.77. The zero-order valence-electron chi connectivity index (χ0n) is 14.8. The van der Waals surface area contributed by atoms with E-state index in [-0.39, 0.29) is 12.3 Å². The third-order valence-electron chi connectivity index (χ3n) is 5.01. The number of benzene rings is 1. The number of thiophene rings is 1. The summed E-state index contributed by atoms with van der Waals surface area (Å²) in [5.74, 6) is -0.370. The van der Waals surface area contributed by atoms with Crippen LogP contribution in [0, 0.1) is 0 Å². The minimum absolute atomic E-state index is 0.0837.